The number of nitrogens with zero attached hydrogens (tertiary/aromatic N) is 2. The van der Waals surface area contributed by atoms with E-state index in [9.17, 15) is 8.78 Å². The Morgan fingerprint density at radius 2 is 2.06 bits per heavy atom. The number of nitrogens with two attached hydrogens (primary N) is 2. The molecule has 16 heavy (non-hydrogen) atoms. The first kappa shape index (κ1) is 10.5. The molecule has 7 heteroatoms. The molecule has 0 aliphatic carbocycles. The molecule has 0 atom stereocenters. The van der Waals surface area contributed by atoms with E-state index in [1.165, 1.54) is 6.07 Å². The third-order valence-corrected chi connectivity index (χ3v) is 1.96. The highest BCUT2D eigenvalue weighted by Crippen LogP contribution is 2.23. The average molecular weight is 226 g/mol. The molecule has 0 spiro atoms. The largest absolute Gasteiger partial charge is 0.396 e. The van der Waals surface area contributed by atoms with Gasteiger partial charge in [0.2, 0.25) is 11.7 Å². The highest BCUT2D eigenvalue weighted by molar-refractivity contribution is 5.61. The zero-order valence-corrected chi connectivity index (χ0v) is 8.08. The second-order valence-corrected chi connectivity index (χ2v) is 3.08. The van der Waals surface area contributed by atoms with Gasteiger partial charge in [-0.1, -0.05) is 5.16 Å². The summed E-state index contributed by atoms with van der Waals surface area (Å²) >= 11 is 0. The monoisotopic (exact) mass is 226 g/mol. The van der Waals surface area contributed by atoms with E-state index in [0.29, 0.717) is 0 Å². The van der Waals surface area contributed by atoms with E-state index in [1.807, 2.05) is 0 Å². The van der Waals surface area contributed by atoms with Crippen LogP contribution in [0.3, 0.4) is 0 Å². The van der Waals surface area contributed by atoms with Crippen molar-refractivity contribution in [1.29, 1.82) is 0 Å². The normalized spacial score (nSPS) is 10.7. The second kappa shape index (κ2) is 3.86. The van der Waals surface area contributed by atoms with Crippen LogP contribution in [0.2, 0.25) is 0 Å². The molecule has 0 fully saturated rings. The fraction of sp³-hybridized carbons (Fsp3) is 0.111. The summed E-state index contributed by atoms with van der Waals surface area (Å²) in [6.45, 7) is 0.0756. The fourth-order valence-corrected chi connectivity index (χ4v) is 1.19. The first-order chi connectivity index (χ1) is 7.61. The SMILES string of the molecule is NCc1nc(-c2cc(N)c(F)c(F)c2)no1. The maximum atomic E-state index is 13.0. The van der Waals surface area contributed by atoms with Gasteiger partial charge in [-0.3, -0.25) is 0 Å². The van der Waals surface area contributed by atoms with Crippen LogP contribution in [0.5, 0.6) is 0 Å². The van der Waals surface area contributed by atoms with Crippen LogP contribution in [0.4, 0.5) is 14.5 Å². The number of nitrogen functional groups attached to an aromatic ring is 1. The molecule has 0 amide bonds. The third kappa shape index (κ3) is 1.72. The maximum Gasteiger partial charge on any atom is 0.240 e. The summed E-state index contributed by atoms with van der Waals surface area (Å²) in [5.74, 6) is -1.83. The Kier molecular flexibility index (Phi) is 2.53. The van der Waals surface area contributed by atoms with Crippen LogP contribution < -0.4 is 11.5 Å². The predicted octanol–water partition coefficient (Wildman–Crippen LogP) is 1.06. The molecule has 2 rings (SSSR count). The van der Waals surface area contributed by atoms with Gasteiger partial charge in [0.05, 0.1) is 12.2 Å². The summed E-state index contributed by atoms with van der Waals surface area (Å²) in [6.07, 6.45) is 0. The molecule has 84 valence electrons. The van der Waals surface area contributed by atoms with Crippen LogP contribution in [0.15, 0.2) is 16.7 Å². The van der Waals surface area contributed by atoms with E-state index in [4.69, 9.17) is 16.0 Å². The summed E-state index contributed by atoms with van der Waals surface area (Å²) in [5.41, 5.74) is 10.5. The van der Waals surface area contributed by atoms with Crippen molar-refractivity contribution in [3.63, 3.8) is 0 Å². The summed E-state index contributed by atoms with van der Waals surface area (Å²) < 4.78 is 30.7. The quantitative estimate of drug-likeness (QED) is 0.747. The van der Waals surface area contributed by atoms with Crippen molar-refractivity contribution in [2.75, 3.05) is 5.73 Å². The Bertz CT molecular complexity index is 503. The zero-order chi connectivity index (χ0) is 11.7. The van der Waals surface area contributed by atoms with E-state index < -0.39 is 11.6 Å². The third-order valence-electron chi connectivity index (χ3n) is 1.96. The minimum absolute atomic E-state index is 0.0756. The fourth-order valence-electron chi connectivity index (χ4n) is 1.19. The number of benzene rings is 1. The summed E-state index contributed by atoms with van der Waals surface area (Å²) in [7, 11) is 0. The van der Waals surface area contributed by atoms with Crippen LogP contribution >= 0.6 is 0 Å². The number of rotatable bonds is 2. The smallest absolute Gasteiger partial charge is 0.240 e. The van der Waals surface area contributed by atoms with Crippen molar-refractivity contribution in [2.45, 2.75) is 6.54 Å². The van der Waals surface area contributed by atoms with Gasteiger partial charge >= 0.3 is 0 Å². The summed E-state index contributed by atoms with van der Waals surface area (Å²) in [6, 6.07) is 2.17. The Morgan fingerprint density at radius 3 is 2.62 bits per heavy atom. The van der Waals surface area contributed by atoms with Crippen molar-refractivity contribution >= 4 is 5.69 Å². The Hall–Kier alpha value is -2.02. The zero-order valence-electron chi connectivity index (χ0n) is 8.08. The molecule has 0 unspecified atom stereocenters. The number of hydrogen-bond acceptors (Lipinski definition) is 5. The molecule has 1 aromatic heterocycles. The van der Waals surface area contributed by atoms with Crippen molar-refractivity contribution in [2.24, 2.45) is 5.73 Å². The van der Waals surface area contributed by atoms with Gasteiger partial charge in [0.1, 0.15) is 0 Å². The number of anilines is 1. The van der Waals surface area contributed by atoms with E-state index in [2.05, 4.69) is 10.1 Å². The Morgan fingerprint density at radius 1 is 1.31 bits per heavy atom. The standard InChI is InChI=1S/C9H8F2N4O/c10-5-1-4(2-6(13)8(5)11)9-14-7(3-12)16-15-9/h1-2H,3,12-13H2. The van der Waals surface area contributed by atoms with Gasteiger partial charge < -0.3 is 16.0 Å². The van der Waals surface area contributed by atoms with Crippen LogP contribution in [0.1, 0.15) is 5.89 Å². The van der Waals surface area contributed by atoms with Crippen LogP contribution in [0.25, 0.3) is 11.4 Å². The van der Waals surface area contributed by atoms with Crippen LogP contribution in [-0.2, 0) is 6.54 Å². The molecule has 5 nitrogen and oxygen atoms in total. The molecule has 1 heterocycles. The molecule has 2 aromatic rings. The van der Waals surface area contributed by atoms with Crippen molar-refractivity contribution in [3.8, 4) is 11.4 Å². The molecule has 0 aliphatic rings. The molecule has 1 aromatic carbocycles. The molecule has 0 radical (unpaired) electrons. The molecular formula is C9H8F2N4O. The minimum atomic E-state index is -1.09. The highest BCUT2D eigenvalue weighted by atomic mass is 19.2. The van der Waals surface area contributed by atoms with Crippen molar-refractivity contribution < 1.29 is 13.3 Å². The van der Waals surface area contributed by atoms with Gasteiger partial charge in [0, 0.05) is 5.56 Å². The molecule has 4 N–H and O–H groups in total. The van der Waals surface area contributed by atoms with Gasteiger partial charge in [-0.25, -0.2) is 8.78 Å². The average Bonchev–Trinajstić information content (AvgIpc) is 2.73. The lowest BCUT2D eigenvalue weighted by molar-refractivity contribution is 0.380. The Labute approximate surface area is 89.0 Å². The second-order valence-electron chi connectivity index (χ2n) is 3.08. The van der Waals surface area contributed by atoms with Gasteiger partial charge in [-0.2, -0.15) is 4.98 Å². The number of hydrogen-bond donors (Lipinski definition) is 2. The van der Waals surface area contributed by atoms with Crippen molar-refractivity contribution in [1.82, 2.24) is 10.1 Å². The lowest BCUT2D eigenvalue weighted by atomic mass is 10.2. The van der Waals surface area contributed by atoms with E-state index in [0.717, 1.165) is 6.07 Å². The maximum absolute atomic E-state index is 13.0. The van der Waals surface area contributed by atoms with Gasteiger partial charge in [0.25, 0.3) is 0 Å². The molecular weight excluding hydrogens is 218 g/mol. The van der Waals surface area contributed by atoms with Gasteiger partial charge in [0.15, 0.2) is 11.6 Å². The number of aromatic nitrogens is 2. The van der Waals surface area contributed by atoms with E-state index >= 15 is 0 Å². The lowest BCUT2D eigenvalue weighted by Crippen LogP contribution is -1.97. The van der Waals surface area contributed by atoms with Crippen molar-refractivity contribution in [3.05, 3.63) is 29.7 Å². The minimum Gasteiger partial charge on any atom is -0.396 e. The molecule has 0 saturated carbocycles. The molecule has 0 saturated heterocycles. The molecule has 0 aliphatic heterocycles. The van der Waals surface area contributed by atoms with Gasteiger partial charge in [-0.05, 0) is 12.1 Å². The first-order valence-corrected chi connectivity index (χ1v) is 4.39. The summed E-state index contributed by atoms with van der Waals surface area (Å²) in [4.78, 5) is 3.86. The first-order valence-electron chi connectivity index (χ1n) is 4.39. The molecule has 0 bridgehead atoms. The number of halogens is 2. The highest BCUT2D eigenvalue weighted by Gasteiger charge is 2.13. The van der Waals surface area contributed by atoms with Crippen LogP contribution in [-0.4, -0.2) is 10.1 Å². The van der Waals surface area contributed by atoms with E-state index in [1.54, 1.807) is 0 Å². The van der Waals surface area contributed by atoms with Gasteiger partial charge in [-0.15, -0.1) is 0 Å². The van der Waals surface area contributed by atoms with Crippen LogP contribution in [0, 0.1) is 11.6 Å². The summed E-state index contributed by atoms with van der Waals surface area (Å²) in [5, 5.41) is 3.56. The Balaban J connectivity index is 2.48. The predicted molar refractivity (Wildman–Crippen MR) is 52.0 cm³/mol. The topological polar surface area (TPSA) is 91.0 Å². The lowest BCUT2D eigenvalue weighted by Gasteiger charge is -2.00. The van der Waals surface area contributed by atoms with E-state index in [-0.39, 0.29) is 29.5 Å².